The summed E-state index contributed by atoms with van der Waals surface area (Å²) in [5, 5.41) is 0. The number of nitrogens with one attached hydrogen (secondary N) is 1. The molecule has 0 spiro atoms. The van der Waals surface area contributed by atoms with E-state index in [0.717, 1.165) is 51.5 Å². The van der Waals surface area contributed by atoms with Crippen molar-refractivity contribution in [1.29, 1.82) is 0 Å². The van der Waals surface area contributed by atoms with Crippen molar-refractivity contribution in [2.75, 3.05) is 32.8 Å². The minimum absolute atomic E-state index is 0.0167. The van der Waals surface area contributed by atoms with Crippen LogP contribution in [0.25, 0.3) is 0 Å². The van der Waals surface area contributed by atoms with E-state index in [1.54, 1.807) is 12.1 Å². The van der Waals surface area contributed by atoms with Gasteiger partial charge < -0.3 is 14.5 Å². The van der Waals surface area contributed by atoms with Crippen molar-refractivity contribution in [3.63, 3.8) is 0 Å². The van der Waals surface area contributed by atoms with E-state index in [9.17, 15) is 9.59 Å². The summed E-state index contributed by atoms with van der Waals surface area (Å²) >= 11 is 1.30. The highest BCUT2D eigenvalue weighted by atomic mass is 32.1. The lowest BCUT2D eigenvalue weighted by atomic mass is 10.1. The Balaban J connectivity index is 1.33. The van der Waals surface area contributed by atoms with Crippen molar-refractivity contribution >= 4 is 23.0 Å². The van der Waals surface area contributed by atoms with Crippen LogP contribution in [-0.2, 0) is 13.0 Å². The number of carbonyl (C=O) groups excluding carboxylic acids is 2. The maximum absolute atomic E-state index is 12.6. The van der Waals surface area contributed by atoms with Crippen LogP contribution < -0.4 is 9.64 Å². The number of thiophene rings is 1. The topological polar surface area (TPSA) is 51.0 Å². The number of hydrogen-bond acceptors (Lipinski definition) is 4. The standard InChI is InChI=1S/C20H22N2O3S/c1-14(23)18-4-5-19(26-18)20(24)22-9-7-21(8-10-22)13-15-2-3-17-16(12-15)6-11-25-17/h2-5,12H,6-11,13H2,1H3/p+1. The molecule has 26 heavy (non-hydrogen) atoms. The molecule has 0 unspecified atom stereocenters. The number of rotatable bonds is 4. The van der Waals surface area contributed by atoms with E-state index in [4.69, 9.17) is 4.74 Å². The third-order valence-electron chi connectivity index (χ3n) is 5.13. The fourth-order valence-electron chi connectivity index (χ4n) is 3.64. The molecule has 1 amide bonds. The average Bonchev–Trinajstić information content (AvgIpc) is 3.31. The quantitative estimate of drug-likeness (QED) is 0.828. The molecule has 0 atom stereocenters. The summed E-state index contributed by atoms with van der Waals surface area (Å²) in [6.45, 7) is 6.73. The Kier molecular flexibility index (Phi) is 4.78. The lowest BCUT2D eigenvalue weighted by Gasteiger charge is -2.32. The molecule has 2 aliphatic heterocycles. The van der Waals surface area contributed by atoms with Crippen LogP contribution in [-0.4, -0.2) is 49.4 Å². The molecule has 0 aliphatic carbocycles. The molecule has 1 saturated heterocycles. The number of piperazine rings is 1. The largest absolute Gasteiger partial charge is 0.493 e. The molecule has 1 fully saturated rings. The number of benzene rings is 1. The maximum atomic E-state index is 12.6. The zero-order chi connectivity index (χ0) is 18.1. The number of hydrogen-bond donors (Lipinski definition) is 1. The molecular formula is C20H23N2O3S+. The number of carbonyl (C=O) groups is 2. The molecular weight excluding hydrogens is 348 g/mol. The number of nitrogens with zero attached hydrogens (tertiary/aromatic N) is 1. The van der Waals surface area contributed by atoms with Gasteiger partial charge in [0, 0.05) is 12.0 Å². The predicted octanol–water partition coefficient (Wildman–Crippen LogP) is 1.43. The Morgan fingerprint density at radius 3 is 2.65 bits per heavy atom. The van der Waals surface area contributed by atoms with Crippen LogP contribution in [0.15, 0.2) is 30.3 Å². The first-order chi connectivity index (χ1) is 12.6. The summed E-state index contributed by atoms with van der Waals surface area (Å²) in [5.41, 5.74) is 2.66. The van der Waals surface area contributed by atoms with Crippen molar-refractivity contribution in [2.24, 2.45) is 0 Å². The van der Waals surface area contributed by atoms with Gasteiger partial charge in [-0.3, -0.25) is 9.59 Å². The minimum Gasteiger partial charge on any atom is -0.493 e. The second kappa shape index (κ2) is 7.21. The van der Waals surface area contributed by atoms with Crippen LogP contribution in [0.2, 0.25) is 0 Å². The van der Waals surface area contributed by atoms with Gasteiger partial charge in [-0.1, -0.05) is 0 Å². The van der Waals surface area contributed by atoms with Gasteiger partial charge in [0.2, 0.25) is 0 Å². The fourth-order valence-corrected chi connectivity index (χ4v) is 4.51. The summed E-state index contributed by atoms with van der Waals surface area (Å²) in [6.07, 6.45) is 1.00. The molecule has 2 aromatic rings. The molecule has 0 radical (unpaired) electrons. The summed E-state index contributed by atoms with van der Waals surface area (Å²) in [7, 11) is 0. The maximum Gasteiger partial charge on any atom is 0.264 e. The van der Waals surface area contributed by atoms with E-state index in [2.05, 4.69) is 18.2 Å². The van der Waals surface area contributed by atoms with Gasteiger partial charge in [0.1, 0.15) is 12.3 Å². The normalized spacial score (nSPS) is 17.0. The SMILES string of the molecule is CC(=O)c1ccc(C(=O)N2CC[NH+](Cc3ccc4c(c3)CCO4)CC2)s1. The van der Waals surface area contributed by atoms with Crippen molar-refractivity contribution in [3.05, 3.63) is 51.2 Å². The van der Waals surface area contributed by atoms with E-state index in [-0.39, 0.29) is 11.7 Å². The van der Waals surface area contributed by atoms with Gasteiger partial charge in [-0.05, 0) is 42.8 Å². The Morgan fingerprint density at radius 2 is 1.92 bits per heavy atom. The molecule has 3 heterocycles. The van der Waals surface area contributed by atoms with Crippen LogP contribution in [0.1, 0.15) is 37.4 Å². The highest BCUT2D eigenvalue weighted by Crippen LogP contribution is 2.25. The molecule has 1 aromatic heterocycles. The van der Waals surface area contributed by atoms with Gasteiger partial charge in [-0.25, -0.2) is 0 Å². The monoisotopic (exact) mass is 371 g/mol. The van der Waals surface area contributed by atoms with Gasteiger partial charge in [-0.15, -0.1) is 11.3 Å². The van der Waals surface area contributed by atoms with E-state index in [0.29, 0.717) is 9.75 Å². The number of quaternary nitrogens is 1. The van der Waals surface area contributed by atoms with Gasteiger partial charge in [0.15, 0.2) is 5.78 Å². The van der Waals surface area contributed by atoms with Gasteiger partial charge in [0.05, 0.1) is 42.5 Å². The zero-order valence-corrected chi connectivity index (χ0v) is 15.7. The van der Waals surface area contributed by atoms with Crippen LogP contribution >= 0.6 is 11.3 Å². The van der Waals surface area contributed by atoms with E-state index in [1.807, 2.05) is 4.90 Å². The first-order valence-electron chi connectivity index (χ1n) is 9.08. The van der Waals surface area contributed by atoms with Crippen molar-refractivity contribution < 1.29 is 19.2 Å². The Labute approximate surface area is 157 Å². The summed E-state index contributed by atoms with van der Waals surface area (Å²) in [6, 6.07) is 10.0. The number of Topliss-reactive ketones (excluding diaryl/α,β-unsaturated/α-hetero) is 1. The average molecular weight is 371 g/mol. The van der Waals surface area contributed by atoms with E-state index >= 15 is 0 Å². The number of amides is 1. The summed E-state index contributed by atoms with van der Waals surface area (Å²) in [4.78, 5) is 28.8. The molecule has 0 bridgehead atoms. The molecule has 0 saturated carbocycles. The first-order valence-corrected chi connectivity index (χ1v) is 9.90. The van der Waals surface area contributed by atoms with Crippen LogP contribution in [0.3, 0.4) is 0 Å². The minimum atomic E-state index is 0.0167. The zero-order valence-electron chi connectivity index (χ0n) is 14.9. The molecule has 1 aromatic carbocycles. The first kappa shape index (κ1) is 17.2. The van der Waals surface area contributed by atoms with Crippen molar-refractivity contribution in [2.45, 2.75) is 19.9 Å². The van der Waals surface area contributed by atoms with Gasteiger partial charge in [-0.2, -0.15) is 0 Å². The lowest BCUT2D eigenvalue weighted by molar-refractivity contribution is -0.917. The van der Waals surface area contributed by atoms with Crippen LogP contribution in [0.4, 0.5) is 0 Å². The Morgan fingerprint density at radius 1 is 1.15 bits per heavy atom. The lowest BCUT2D eigenvalue weighted by Crippen LogP contribution is -3.13. The predicted molar refractivity (Wildman–Crippen MR) is 100 cm³/mol. The van der Waals surface area contributed by atoms with E-state index in [1.165, 1.54) is 34.3 Å². The number of ether oxygens (including phenoxy) is 1. The van der Waals surface area contributed by atoms with Gasteiger partial charge in [0.25, 0.3) is 5.91 Å². The van der Waals surface area contributed by atoms with Crippen molar-refractivity contribution in [3.8, 4) is 5.75 Å². The Bertz CT molecular complexity index is 837. The molecule has 6 heteroatoms. The highest BCUT2D eigenvalue weighted by Gasteiger charge is 2.26. The summed E-state index contributed by atoms with van der Waals surface area (Å²) < 4.78 is 5.57. The van der Waals surface area contributed by atoms with Crippen LogP contribution in [0, 0.1) is 0 Å². The van der Waals surface area contributed by atoms with Crippen LogP contribution in [0.5, 0.6) is 5.75 Å². The fraction of sp³-hybridized carbons (Fsp3) is 0.400. The van der Waals surface area contributed by atoms with Gasteiger partial charge >= 0.3 is 0 Å². The molecule has 4 rings (SSSR count). The molecule has 2 aliphatic rings. The second-order valence-corrected chi connectivity index (χ2v) is 8.06. The second-order valence-electron chi connectivity index (χ2n) is 6.98. The van der Waals surface area contributed by atoms with Crippen molar-refractivity contribution in [1.82, 2.24) is 4.90 Å². The molecule has 5 nitrogen and oxygen atoms in total. The third kappa shape index (κ3) is 3.52. The van der Waals surface area contributed by atoms with E-state index < -0.39 is 0 Å². The number of ketones is 1. The third-order valence-corrected chi connectivity index (χ3v) is 6.30. The number of fused-ring (bicyclic) bond motifs is 1. The highest BCUT2D eigenvalue weighted by molar-refractivity contribution is 7.15. The molecule has 136 valence electrons. The Hall–Kier alpha value is -2.18. The smallest absolute Gasteiger partial charge is 0.264 e. The summed E-state index contributed by atoms with van der Waals surface area (Å²) in [5.74, 6) is 1.10. The molecule has 1 N–H and O–H groups in total.